The van der Waals surface area contributed by atoms with Crippen LogP contribution in [0, 0.1) is 0 Å². The SMILES string of the molecule is O=C(CC(NC(=O)C(F)(F)F)C(=O)N1CCCCCC1)c1ccccc1. The fourth-order valence-corrected chi connectivity index (χ4v) is 2.88. The standard InChI is InChI=1S/C18H21F3N2O3/c19-18(20,21)17(26)22-14(12-15(24)13-8-4-3-5-9-13)16(25)23-10-6-1-2-7-11-23/h3-5,8-9,14H,1-2,6-7,10-12H2,(H,22,26). The minimum absolute atomic E-state index is 0.280. The maximum Gasteiger partial charge on any atom is 0.471 e. The maximum atomic E-state index is 12.7. The molecule has 1 saturated heterocycles. The zero-order valence-electron chi connectivity index (χ0n) is 14.2. The Balaban J connectivity index is 2.16. The van der Waals surface area contributed by atoms with Crippen LogP contribution in [-0.4, -0.2) is 47.8 Å². The first kappa shape index (κ1) is 19.9. The molecule has 0 aliphatic carbocycles. The number of likely N-dealkylation sites (tertiary alicyclic amines) is 1. The molecule has 5 nitrogen and oxygen atoms in total. The van der Waals surface area contributed by atoms with Gasteiger partial charge in [-0.15, -0.1) is 0 Å². The molecular formula is C18H21F3N2O3. The van der Waals surface area contributed by atoms with Crippen molar-refractivity contribution in [2.45, 2.75) is 44.3 Å². The summed E-state index contributed by atoms with van der Waals surface area (Å²) in [4.78, 5) is 37.8. The fourth-order valence-electron chi connectivity index (χ4n) is 2.88. The lowest BCUT2D eigenvalue weighted by Crippen LogP contribution is -2.52. The maximum absolute atomic E-state index is 12.7. The average molecular weight is 370 g/mol. The number of carbonyl (C=O) groups excluding carboxylic acids is 3. The van der Waals surface area contributed by atoms with Crippen LogP contribution in [0.25, 0.3) is 0 Å². The average Bonchev–Trinajstić information content (AvgIpc) is 2.89. The van der Waals surface area contributed by atoms with E-state index < -0.39 is 36.2 Å². The van der Waals surface area contributed by atoms with E-state index in [2.05, 4.69) is 0 Å². The number of nitrogens with one attached hydrogen (secondary N) is 1. The van der Waals surface area contributed by atoms with Gasteiger partial charge in [0.05, 0.1) is 0 Å². The summed E-state index contributed by atoms with van der Waals surface area (Å²) < 4.78 is 37.9. The molecule has 2 amide bonds. The molecule has 26 heavy (non-hydrogen) atoms. The van der Waals surface area contributed by atoms with E-state index in [1.165, 1.54) is 17.0 Å². The van der Waals surface area contributed by atoms with E-state index in [9.17, 15) is 27.6 Å². The topological polar surface area (TPSA) is 66.5 Å². The number of Topliss-reactive ketones (excluding diaryl/α,β-unsaturated/α-hetero) is 1. The summed E-state index contributed by atoms with van der Waals surface area (Å²) in [6.07, 6.45) is -2.26. The molecular weight excluding hydrogens is 349 g/mol. The number of halogens is 3. The molecule has 1 atom stereocenters. The first-order valence-electron chi connectivity index (χ1n) is 8.54. The second kappa shape index (κ2) is 8.82. The van der Waals surface area contributed by atoms with Crippen LogP contribution in [0.15, 0.2) is 30.3 Å². The van der Waals surface area contributed by atoms with Crippen molar-refractivity contribution >= 4 is 17.6 Å². The fraction of sp³-hybridized carbons (Fsp3) is 0.500. The van der Waals surface area contributed by atoms with Crippen LogP contribution in [0.5, 0.6) is 0 Å². The van der Waals surface area contributed by atoms with E-state index >= 15 is 0 Å². The molecule has 1 N–H and O–H groups in total. The molecule has 0 radical (unpaired) electrons. The van der Waals surface area contributed by atoms with Crippen molar-refractivity contribution in [3.63, 3.8) is 0 Å². The van der Waals surface area contributed by atoms with E-state index in [0.717, 1.165) is 25.7 Å². The quantitative estimate of drug-likeness (QED) is 0.811. The van der Waals surface area contributed by atoms with Gasteiger partial charge in [0, 0.05) is 25.1 Å². The largest absolute Gasteiger partial charge is 0.471 e. The summed E-state index contributed by atoms with van der Waals surface area (Å²) in [5, 5.41) is 1.70. The van der Waals surface area contributed by atoms with Crippen molar-refractivity contribution in [3.05, 3.63) is 35.9 Å². The van der Waals surface area contributed by atoms with Crippen LogP contribution < -0.4 is 5.32 Å². The van der Waals surface area contributed by atoms with E-state index in [1.807, 2.05) is 0 Å². The Labute approximate surface area is 149 Å². The number of nitrogens with zero attached hydrogens (tertiary/aromatic N) is 1. The number of carbonyl (C=O) groups is 3. The summed E-state index contributed by atoms with van der Waals surface area (Å²) in [5.41, 5.74) is 0.280. The second-order valence-electron chi connectivity index (χ2n) is 6.26. The number of rotatable bonds is 5. The summed E-state index contributed by atoms with van der Waals surface area (Å²) in [6, 6.07) is 6.43. The van der Waals surface area contributed by atoms with Gasteiger partial charge in [0.25, 0.3) is 0 Å². The molecule has 2 rings (SSSR count). The molecule has 1 aliphatic rings. The van der Waals surface area contributed by atoms with Crippen LogP contribution >= 0.6 is 0 Å². The van der Waals surface area contributed by atoms with E-state index in [4.69, 9.17) is 0 Å². The van der Waals surface area contributed by atoms with Gasteiger partial charge >= 0.3 is 12.1 Å². The smallest absolute Gasteiger partial charge is 0.341 e. The molecule has 0 spiro atoms. The summed E-state index contributed by atoms with van der Waals surface area (Å²) in [6.45, 7) is 0.827. The zero-order chi connectivity index (χ0) is 19.2. The van der Waals surface area contributed by atoms with Crippen LogP contribution in [0.3, 0.4) is 0 Å². The van der Waals surface area contributed by atoms with Gasteiger partial charge in [-0.2, -0.15) is 13.2 Å². The number of hydrogen-bond donors (Lipinski definition) is 1. The Morgan fingerprint density at radius 2 is 1.58 bits per heavy atom. The van der Waals surface area contributed by atoms with Gasteiger partial charge in [-0.25, -0.2) is 0 Å². The number of alkyl halides is 3. The Bertz CT molecular complexity index is 639. The van der Waals surface area contributed by atoms with Gasteiger partial charge < -0.3 is 10.2 Å². The number of ketones is 1. The lowest BCUT2D eigenvalue weighted by molar-refractivity contribution is -0.175. The first-order valence-corrected chi connectivity index (χ1v) is 8.54. The van der Waals surface area contributed by atoms with Gasteiger partial charge in [-0.05, 0) is 12.8 Å². The van der Waals surface area contributed by atoms with Crippen LogP contribution in [0.1, 0.15) is 42.5 Å². The third kappa shape index (κ3) is 5.57. The van der Waals surface area contributed by atoms with Crippen molar-refractivity contribution < 1.29 is 27.6 Å². The lowest BCUT2D eigenvalue weighted by atomic mass is 10.0. The number of hydrogen-bond acceptors (Lipinski definition) is 3. The predicted octanol–water partition coefficient (Wildman–Crippen LogP) is 2.71. The molecule has 0 bridgehead atoms. The normalized spacial score (nSPS) is 16.5. The van der Waals surface area contributed by atoms with E-state index in [1.54, 1.807) is 23.5 Å². The molecule has 0 aromatic heterocycles. The Kier molecular flexibility index (Phi) is 6.76. The van der Waals surface area contributed by atoms with Gasteiger partial charge in [-0.1, -0.05) is 43.2 Å². The highest BCUT2D eigenvalue weighted by atomic mass is 19.4. The molecule has 8 heteroatoms. The van der Waals surface area contributed by atoms with E-state index in [0.29, 0.717) is 13.1 Å². The zero-order valence-corrected chi connectivity index (χ0v) is 14.2. The van der Waals surface area contributed by atoms with Gasteiger partial charge in [0.2, 0.25) is 5.91 Å². The summed E-state index contributed by atoms with van der Waals surface area (Å²) in [5.74, 6) is -3.36. The molecule has 1 aliphatic heterocycles. The number of benzene rings is 1. The van der Waals surface area contributed by atoms with Crippen molar-refractivity contribution in [2.24, 2.45) is 0 Å². The number of amides is 2. The highest BCUT2D eigenvalue weighted by molar-refractivity contribution is 6.00. The molecule has 0 saturated carbocycles. The van der Waals surface area contributed by atoms with E-state index in [-0.39, 0.29) is 5.56 Å². The summed E-state index contributed by atoms with van der Waals surface area (Å²) >= 11 is 0. The molecule has 1 aromatic carbocycles. The molecule has 142 valence electrons. The van der Waals surface area contributed by atoms with Crippen molar-refractivity contribution in [2.75, 3.05) is 13.1 Å². The van der Waals surface area contributed by atoms with Gasteiger partial charge in [0.1, 0.15) is 6.04 Å². The Hall–Kier alpha value is -2.38. The highest BCUT2D eigenvalue weighted by Gasteiger charge is 2.41. The van der Waals surface area contributed by atoms with Crippen molar-refractivity contribution in [3.8, 4) is 0 Å². The van der Waals surface area contributed by atoms with Crippen LogP contribution in [0.2, 0.25) is 0 Å². The minimum Gasteiger partial charge on any atom is -0.341 e. The van der Waals surface area contributed by atoms with Crippen molar-refractivity contribution in [1.82, 2.24) is 10.2 Å². The highest BCUT2D eigenvalue weighted by Crippen LogP contribution is 2.17. The van der Waals surface area contributed by atoms with Crippen LogP contribution in [-0.2, 0) is 9.59 Å². The minimum atomic E-state index is -5.12. The molecule has 1 heterocycles. The third-order valence-corrected chi connectivity index (χ3v) is 4.26. The second-order valence-corrected chi connectivity index (χ2v) is 6.26. The molecule has 1 fully saturated rings. The Morgan fingerprint density at radius 3 is 2.12 bits per heavy atom. The monoisotopic (exact) mass is 370 g/mol. The van der Waals surface area contributed by atoms with Crippen molar-refractivity contribution in [1.29, 1.82) is 0 Å². The van der Waals surface area contributed by atoms with Crippen LogP contribution in [0.4, 0.5) is 13.2 Å². The molecule has 1 unspecified atom stereocenters. The molecule has 1 aromatic rings. The predicted molar refractivity (Wildman–Crippen MR) is 88.4 cm³/mol. The lowest BCUT2D eigenvalue weighted by Gasteiger charge is -2.26. The summed E-state index contributed by atoms with van der Waals surface area (Å²) in [7, 11) is 0. The van der Waals surface area contributed by atoms with Gasteiger partial charge in [-0.3, -0.25) is 14.4 Å². The van der Waals surface area contributed by atoms with Gasteiger partial charge in [0.15, 0.2) is 5.78 Å². The third-order valence-electron chi connectivity index (χ3n) is 4.26. The first-order chi connectivity index (χ1) is 12.3. The Morgan fingerprint density at radius 1 is 1.00 bits per heavy atom.